The summed E-state index contributed by atoms with van der Waals surface area (Å²) in [6.45, 7) is 3.87. The summed E-state index contributed by atoms with van der Waals surface area (Å²) in [4.78, 5) is 46.6. The second-order valence-electron chi connectivity index (χ2n) is 6.30. The van der Waals surface area contributed by atoms with Crippen LogP contribution in [0.25, 0.3) is 0 Å². The van der Waals surface area contributed by atoms with E-state index in [1.165, 1.54) is 37.3 Å². The van der Waals surface area contributed by atoms with E-state index in [1.807, 2.05) is 0 Å². The Labute approximate surface area is 179 Å². The summed E-state index contributed by atoms with van der Waals surface area (Å²) in [5, 5.41) is 5.48. The second-order valence-corrected chi connectivity index (χ2v) is 6.30. The van der Waals surface area contributed by atoms with Gasteiger partial charge in [0.05, 0.1) is 6.61 Å². The minimum atomic E-state index is -0.806. The molecule has 0 aromatic heterocycles. The number of hydrogen-bond donors (Lipinski definition) is 2. The molecule has 0 bridgehead atoms. The van der Waals surface area contributed by atoms with Gasteiger partial charge in [0, 0.05) is 31.1 Å². The van der Waals surface area contributed by atoms with Crippen molar-refractivity contribution in [3.8, 4) is 11.5 Å². The maximum atomic E-state index is 12.2. The van der Waals surface area contributed by atoms with Crippen LogP contribution in [0, 0.1) is 0 Å². The fourth-order valence-corrected chi connectivity index (χ4v) is 2.48. The molecular weight excluding hydrogens is 404 g/mol. The number of amides is 2. The minimum Gasteiger partial charge on any atom is -0.434 e. The highest BCUT2D eigenvalue weighted by molar-refractivity contribution is 5.95. The number of hydrogen-bond acceptors (Lipinski definition) is 7. The van der Waals surface area contributed by atoms with Crippen molar-refractivity contribution >= 4 is 23.9 Å². The summed E-state index contributed by atoms with van der Waals surface area (Å²) in [6, 6.07) is 12.3. The van der Waals surface area contributed by atoms with Crippen molar-refractivity contribution in [1.29, 1.82) is 0 Å². The van der Waals surface area contributed by atoms with Gasteiger partial charge in [0.2, 0.25) is 0 Å². The van der Waals surface area contributed by atoms with Crippen LogP contribution in [-0.4, -0.2) is 43.6 Å². The molecule has 0 aliphatic rings. The molecule has 0 spiro atoms. The summed E-state index contributed by atoms with van der Waals surface area (Å²) >= 11 is 0. The van der Waals surface area contributed by atoms with Gasteiger partial charge in [-0.05, 0) is 55.8 Å². The first kappa shape index (κ1) is 23.4. The molecule has 9 heteroatoms. The Bertz CT molecular complexity index is 926. The molecule has 2 amide bonds. The summed E-state index contributed by atoms with van der Waals surface area (Å²) in [5.41, 5.74) is 0.774. The molecule has 2 N–H and O–H groups in total. The summed E-state index contributed by atoms with van der Waals surface area (Å²) < 4.78 is 14.6. The topological polar surface area (TPSA) is 120 Å². The number of carbonyl (C=O) groups is 4. The SMILES string of the molecule is CCOC(=O)Oc1ccc(C(=O)NCCCNC(=O)c2cccc(OC(C)=O)c2)cc1. The quantitative estimate of drug-likeness (QED) is 0.273. The van der Waals surface area contributed by atoms with Crippen molar-refractivity contribution in [2.75, 3.05) is 19.7 Å². The summed E-state index contributed by atoms with van der Waals surface area (Å²) in [6.07, 6.45) is -0.287. The molecule has 0 atom stereocenters. The molecule has 0 unspecified atom stereocenters. The lowest BCUT2D eigenvalue weighted by molar-refractivity contribution is -0.131. The molecule has 2 aromatic carbocycles. The van der Waals surface area contributed by atoms with E-state index in [-0.39, 0.29) is 24.2 Å². The average Bonchev–Trinajstić information content (AvgIpc) is 2.73. The Kier molecular flexibility index (Phi) is 9.03. The standard InChI is InChI=1S/C22H24N2O7/c1-3-29-22(28)31-18-10-8-16(9-11-18)20(26)23-12-5-13-24-21(27)17-6-4-7-19(14-17)30-15(2)25/h4,6-11,14H,3,5,12-13H2,1-2H3,(H,23,26)(H,24,27). The fraction of sp³-hybridized carbons (Fsp3) is 0.273. The van der Waals surface area contributed by atoms with Gasteiger partial charge >= 0.3 is 12.1 Å². The third kappa shape index (κ3) is 8.17. The fourth-order valence-electron chi connectivity index (χ4n) is 2.48. The van der Waals surface area contributed by atoms with E-state index in [9.17, 15) is 19.2 Å². The molecule has 0 heterocycles. The zero-order valence-corrected chi connectivity index (χ0v) is 17.3. The third-order valence-electron chi connectivity index (χ3n) is 3.86. The second kappa shape index (κ2) is 12.0. The van der Waals surface area contributed by atoms with Crippen molar-refractivity contribution in [2.24, 2.45) is 0 Å². The first-order valence-electron chi connectivity index (χ1n) is 9.68. The monoisotopic (exact) mass is 428 g/mol. The van der Waals surface area contributed by atoms with Crippen molar-refractivity contribution in [3.63, 3.8) is 0 Å². The lowest BCUT2D eigenvalue weighted by Gasteiger charge is -2.08. The Morgan fingerprint density at radius 2 is 1.45 bits per heavy atom. The Hall–Kier alpha value is -3.88. The number of ether oxygens (including phenoxy) is 3. The number of nitrogens with one attached hydrogen (secondary N) is 2. The van der Waals surface area contributed by atoms with E-state index in [1.54, 1.807) is 25.1 Å². The molecule has 164 valence electrons. The highest BCUT2D eigenvalue weighted by Crippen LogP contribution is 2.14. The summed E-state index contributed by atoms with van der Waals surface area (Å²) in [7, 11) is 0. The molecule has 0 saturated carbocycles. The number of rotatable bonds is 9. The largest absolute Gasteiger partial charge is 0.513 e. The zero-order valence-electron chi connectivity index (χ0n) is 17.3. The van der Waals surface area contributed by atoms with Crippen molar-refractivity contribution in [2.45, 2.75) is 20.3 Å². The number of carbonyl (C=O) groups excluding carboxylic acids is 4. The molecule has 0 aliphatic heterocycles. The molecule has 2 rings (SSSR count). The predicted octanol–water partition coefficient (Wildman–Crippen LogP) is 2.70. The van der Waals surface area contributed by atoms with Crippen LogP contribution in [0.1, 0.15) is 41.0 Å². The Balaban J connectivity index is 1.71. The van der Waals surface area contributed by atoms with Crippen LogP contribution in [0.2, 0.25) is 0 Å². The summed E-state index contributed by atoms with van der Waals surface area (Å²) in [5.74, 6) is -0.489. The van der Waals surface area contributed by atoms with Gasteiger partial charge in [0.15, 0.2) is 0 Å². The maximum Gasteiger partial charge on any atom is 0.513 e. The van der Waals surface area contributed by atoms with Gasteiger partial charge in [-0.1, -0.05) is 6.07 Å². The van der Waals surface area contributed by atoms with Crippen LogP contribution in [0.3, 0.4) is 0 Å². The molecule has 9 nitrogen and oxygen atoms in total. The molecule has 0 radical (unpaired) electrons. The zero-order chi connectivity index (χ0) is 22.6. The van der Waals surface area contributed by atoms with Crippen LogP contribution >= 0.6 is 0 Å². The maximum absolute atomic E-state index is 12.2. The van der Waals surface area contributed by atoms with Gasteiger partial charge in [0.25, 0.3) is 11.8 Å². The number of benzene rings is 2. The van der Waals surface area contributed by atoms with E-state index in [0.717, 1.165) is 0 Å². The highest BCUT2D eigenvalue weighted by atomic mass is 16.7. The van der Waals surface area contributed by atoms with Gasteiger partial charge in [-0.15, -0.1) is 0 Å². The van der Waals surface area contributed by atoms with E-state index < -0.39 is 12.1 Å². The number of esters is 1. The van der Waals surface area contributed by atoms with Crippen LogP contribution in [0.4, 0.5) is 4.79 Å². The Morgan fingerprint density at radius 3 is 2.06 bits per heavy atom. The lowest BCUT2D eigenvalue weighted by Crippen LogP contribution is -2.29. The molecule has 0 saturated heterocycles. The van der Waals surface area contributed by atoms with Crippen LogP contribution in [-0.2, 0) is 9.53 Å². The van der Waals surface area contributed by atoms with E-state index in [2.05, 4.69) is 15.4 Å². The van der Waals surface area contributed by atoms with Crippen molar-refractivity contribution in [3.05, 3.63) is 59.7 Å². The van der Waals surface area contributed by atoms with E-state index in [0.29, 0.717) is 36.4 Å². The van der Waals surface area contributed by atoms with Crippen LogP contribution in [0.5, 0.6) is 11.5 Å². The third-order valence-corrected chi connectivity index (χ3v) is 3.86. The predicted molar refractivity (Wildman–Crippen MR) is 111 cm³/mol. The Morgan fingerprint density at radius 1 is 0.806 bits per heavy atom. The van der Waals surface area contributed by atoms with Gasteiger partial charge in [-0.25, -0.2) is 4.79 Å². The highest BCUT2D eigenvalue weighted by Gasteiger charge is 2.09. The van der Waals surface area contributed by atoms with E-state index >= 15 is 0 Å². The van der Waals surface area contributed by atoms with Crippen molar-refractivity contribution < 1.29 is 33.4 Å². The van der Waals surface area contributed by atoms with Crippen LogP contribution in [0.15, 0.2) is 48.5 Å². The van der Waals surface area contributed by atoms with Gasteiger partial charge in [-0.2, -0.15) is 0 Å². The van der Waals surface area contributed by atoms with Gasteiger partial charge < -0.3 is 24.8 Å². The first-order valence-corrected chi connectivity index (χ1v) is 9.68. The average molecular weight is 428 g/mol. The normalized spacial score (nSPS) is 10.0. The van der Waals surface area contributed by atoms with E-state index in [4.69, 9.17) is 9.47 Å². The minimum absolute atomic E-state index is 0.209. The first-order chi connectivity index (χ1) is 14.9. The molecular formula is C22H24N2O7. The van der Waals surface area contributed by atoms with Gasteiger partial charge in [-0.3, -0.25) is 14.4 Å². The van der Waals surface area contributed by atoms with Crippen molar-refractivity contribution in [1.82, 2.24) is 10.6 Å². The lowest BCUT2D eigenvalue weighted by atomic mass is 10.2. The molecule has 0 aliphatic carbocycles. The van der Waals surface area contributed by atoms with Crippen LogP contribution < -0.4 is 20.1 Å². The molecule has 0 fully saturated rings. The smallest absolute Gasteiger partial charge is 0.434 e. The van der Waals surface area contributed by atoms with Gasteiger partial charge in [0.1, 0.15) is 11.5 Å². The molecule has 2 aromatic rings. The molecule has 31 heavy (non-hydrogen) atoms.